The molecule has 1 spiro atoms. The van der Waals surface area contributed by atoms with Crippen molar-refractivity contribution in [3.05, 3.63) is 71.5 Å². The van der Waals surface area contributed by atoms with Crippen molar-refractivity contribution in [2.75, 3.05) is 26.2 Å². The van der Waals surface area contributed by atoms with E-state index in [1.165, 1.54) is 41.3 Å². The molecule has 1 amide bonds. The van der Waals surface area contributed by atoms with Crippen LogP contribution in [0.3, 0.4) is 0 Å². The number of nitrogens with zero attached hydrogens (tertiary/aromatic N) is 1. The van der Waals surface area contributed by atoms with E-state index >= 15 is 0 Å². The highest BCUT2D eigenvalue weighted by Gasteiger charge is 2.50. The Balaban J connectivity index is 1.52. The second-order valence-corrected chi connectivity index (χ2v) is 8.63. The number of carbonyl (C=O) groups is 1. The van der Waals surface area contributed by atoms with Crippen LogP contribution in [0.15, 0.2) is 54.6 Å². The summed E-state index contributed by atoms with van der Waals surface area (Å²) >= 11 is 0. The third kappa shape index (κ3) is 4.47. The summed E-state index contributed by atoms with van der Waals surface area (Å²) < 4.78 is 54.8. The molecule has 2 aromatic rings. The van der Waals surface area contributed by atoms with Crippen molar-refractivity contribution in [3.8, 4) is 0 Å². The van der Waals surface area contributed by atoms with Gasteiger partial charge < -0.3 is 10.2 Å². The number of halogens is 4. The number of carbonyl (C=O) groups excluding carboxylic acids is 1. The third-order valence-electron chi connectivity index (χ3n) is 6.94. The molecule has 0 aliphatic carbocycles. The molecule has 0 saturated carbocycles. The Morgan fingerprint density at radius 2 is 1.65 bits per heavy atom. The first-order valence-corrected chi connectivity index (χ1v) is 10.7. The average Bonchev–Trinajstić information content (AvgIpc) is 2.75. The minimum atomic E-state index is -4.64. The van der Waals surface area contributed by atoms with Crippen molar-refractivity contribution in [2.24, 2.45) is 5.41 Å². The molecule has 2 aliphatic rings. The van der Waals surface area contributed by atoms with E-state index in [-0.39, 0.29) is 22.7 Å². The van der Waals surface area contributed by atoms with Crippen LogP contribution in [0.4, 0.5) is 17.6 Å². The highest BCUT2D eigenvalue weighted by atomic mass is 19.4. The monoisotopic (exact) mass is 434 g/mol. The van der Waals surface area contributed by atoms with E-state index in [4.69, 9.17) is 0 Å². The van der Waals surface area contributed by atoms with Crippen LogP contribution in [-0.4, -0.2) is 43.2 Å². The molecule has 166 valence electrons. The molecule has 3 nitrogen and oxygen atoms in total. The van der Waals surface area contributed by atoms with Gasteiger partial charge >= 0.3 is 6.18 Å². The van der Waals surface area contributed by atoms with Crippen LogP contribution in [-0.2, 0) is 4.79 Å². The first kappa shape index (κ1) is 21.8. The molecule has 7 heteroatoms. The summed E-state index contributed by atoms with van der Waals surface area (Å²) in [5.41, 5.74) is 0.914. The molecule has 0 aromatic heterocycles. The van der Waals surface area contributed by atoms with Gasteiger partial charge in [-0.2, -0.15) is 13.2 Å². The van der Waals surface area contributed by atoms with Gasteiger partial charge in [-0.05, 0) is 54.5 Å². The van der Waals surface area contributed by atoms with E-state index in [1.807, 2.05) is 0 Å². The van der Waals surface area contributed by atoms with Gasteiger partial charge in [0.05, 0.1) is 0 Å². The van der Waals surface area contributed by atoms with Gasteiger partial charge in [-0.25, -0.2) is 4.39 Å². The average molecular weight is 434 g/mol. The van der Waals surface area contributed by atoms with Gasteiger partial charge in [0.25, 0.3) is 0 Å². The highest BCUT2D eigenvalue weighted by Crippen LogP contribution is 2.49. The maximum absolute atomic E-state index is 13.8. The molecule has 31 heavy (non-hydrogen) atoms. The van der Waals surface area contributed by atoms with E-state index in [0.717, 1.165) is 25.1 Å². The van der Waals surface area contributed by atoms with Gasteiger partial charge in [-0.1, -0.05) is 42.5 Å². The molecule has 2 aliphatic heterocycles. The summed E-state index contributed by atoms with van der Waals surface area (Å²) in [7, 11) is 0. The quantitative estimate of drug-likeness (QED) is 0.700. The molecular weight excluding hydrogens is 408 g/mol. The molecule has 0 bridgehead atoms. The number of benzene rings is 2. The smallest absolute Gasteiger partial charge is 0.342 e. The molecule has 2 atom stereocenters. The Labute approximate surface area is 179 Å². The summed E-state index contributed by atoms with van der Waals surface area (Å²) in [6.45, 7) is 2.18. The minimum Gasteiger partial charge on any atom is -0.342 e. The Hall–Kier alpha value is -2.41. The van der Waals surface area contributed by atoms with E-state index in [0.29, 0.717) is 25.9 Å². The fourth-order valence-electron chi connectivity index (χ4n) is 5.21. The zero-order chi connectivity index (χ0) is 22.1. The van der Waals surface area contributed by atoms with Crippen LogP contribution in [0.5, 0.6) is 0 Å². The molecule has 2 saturated heterocycles. The summed E-state index contributed by atoms with van der Waals surface area (Å²) in [6.07, 6.45) is -2.47. The van der Waals surface area contributed by atoms with Gasteiger partial charge in [0, 0.05) is 25.6 Å². The van der Waals surface area contributed by atoms with Gasteiger partial charge in [0.1, 0.15) is 5.82 Å². The van der Waals surface area contributed by atoms with Crippen molar-refractivity contribution in [2.45, 2.75) is 37.3 Å². The highest BCUT2D eigenvalue weighted by molar-refractivity contribution is 5.84. The maximum atomic E-state index is 13.8. The number of amides is 1. The van der Waals surface area contributed by atoms with Crippen molar-refractivity contribution in [1.29, 1.82) is 0 Å². The lowest BCUT2D eigenvalue weighted by Crippen LogP contribution is -2.52. The number of nitrogens with one attached hydrogen (secondary N) is 1. The number of hydrogen-bond acceptors (Lipinski definition) is 2. The molecule has 1 unspecified atom stereocenters. The number of piperidine rings is 2. The van der Waals surface area contributed by atoms with Crippen molar-refractivity contribution >= 4 is 5.91 Å². The minimum absolute atomic E-state index is 0.0219. The van der Waals surface area contributed by atoms with Crippen LogP contribution in [0.2, 0.25) is 0 Å². The van der Waals surface area contributed by atoms with Gasteiger partial charge in [-0.15, -0.1) is 0 Å². The zero-order valence-corrected chi connectivity index (χ0v) is 17.2. The van der Waals surface area contributed by atoms with Gasteiger partial charge in [0.2, 0.25) is 5.91 Å². The summed E-state index contributed by atoms with van der Waals surface area (Å²) in [4.78, 5) is 14.3. The molecule has 2 heterocycles. The Kier molecular flexibility index (Phi) is 6.06. The Morgan fingerprint density at radius 1 is 1.00 bits per heavy atom. The van der Waals surface area contributed by atoms with Gasteiger partial charge in [-0.3, -0.25) is 4.79 Å². The van der Waals surface area contributed by atoms with E-state index in [2.05, 4.69) is 5.32 Å². The van der Waals surface area contributed by atoms with Gasteiger partial charge in [0.15, 0.2) is 5.92 Å². The molecular formula is C24H26F4N2O. The normalized spacial score (nSPS) is 22.3. The number of alkyl halides is 3. The maximum Gasteiger partial charge on any atom is 0.404 e. The van der Waals surface area contributed by atoms with Crippen LogP contribution in [0, 0.1) is 11.2 Å². The Morgan fingerprint density at radius 3 is 2.26 bits per heavy atom. The number of rotatable bonds is 3. The Bertz CT molecular complexity index is 890. The van der Waals surface area contributed by atoms with Crippen molar-refractivity contribution in [3.63, 3.8) is 0 Å². The lowest BCUT2D eigenvalue weighted by Gasteiger charge is -2.50. The number of hydrogen-bond donors (Lipinski definition) is 1. The van der Waals surface area contributed by atoms with E-state index in [1.54, 1.807) is 18.2 Å². The fraction of sp³-hybridized carbons (Fsp3) is 0.458. The van der Waals surface area contributed by atoms with Crippen LogP contribution < -0.4 is 5.32 Å². The van der Waals surface area contributed by atoms with Crippen LogP contribution >= 0.6 is 0 Å². The van der Waals surface area contributed by atoms with Crippen molar-refractivity contribution < 1.29 is 22.4 Å². The molecule has 2 aromatic carbocycles. The van der Waals surface area contributed by atoms with Crippen LogP contribution in [0.25, 0.3) is 0 Å². The summed E-state index contributed by atoms with van der Waals surface area (Å²) in [5, 5.41) is 3.39. The van der Waals surface area contributed by atoms with E-state index < -0.39 is 18.0 Å². The predicted molar refractivity (Wildman–Crippen MR) is 110 cm³/mol. The molecule has 4 rings (SSSR count). The van der Waals surface area contributed by atoms with Crippen molar-refractivity contribution in [1.82, 2.24) is 10.2 Å². The molecule has 0 radical (unpaired) electrons. The number of likely N-dealkylation sites (tertiary alicyclic amines) is 1. The second-order valence-electron chi connectivity index (χ2n) is 8.63. The standard InChI is InChI=1S/C24H26F4N2O/c25-19-8-6-17(7-9-19)20-16-29-13-10-23(20)11-14-30(15-12-23)22(31)21(24(26,27)28)18-4-2-1-3-5-18/h1-9,20-21,29H,10-16H2/t20?,21-/m0/s1. The lowest BCUT2D eigenvalue weighted by atomic mass is 9.62. The lowest BCUT2D eigenvalue weighted by molar-refractivity contribution is -0.173. The second kappa shape index (κ2) is 8.61. The third-order valence-corrected chi connectivity index (χ3v) is 6.94. The largest absolute Gasteiger partial charge is 0.404 e. The SMILES string of the molecule is O=C([C@H](c1ccccc1)C(F)(F)F)N1CCC2(CCNCC2c2ccc(F)cc2)CC1. The summed E-state index contributed by atoms with van der Waals surface area (Å²) in [5.74, 6) is -3.16. The predicted octanol–water partition coefficient (Wildman–Crippen LogP) is 4.86. The zero-order valence-electron chi connectivity index (χ0n) is 17.2. The first-order chi connectivity index (χ1) is 14.8. The molecule has 2 fully saturated rings. The molecule has 1 N–H and O–H groups in total. The fourth-order valence-corrected chi connectivity index (χ4v) is 5.21. The van der Waals surface area contributed by atoms with E-state index in [9.17, 15) is 22.4 Å². The topological polar surface area (TPSA) is 32.3 Å². The first-order valence-electron chi connectivity index (χ1n) is 10.7. The van der Waals surface area contributed by atoms with Crippen LogP contribution in [0.1, 0.15) is 42.2 Å². The summed E-state index contributed by atoms with van der Waals surface area (Å²) in [6, 6.07) is 13.9.